The van der Waals surface area contributed by atoms with Gasteiger partial charge in [0.15, 0.2) is 5.78 Å². The first-order chi connectivity index (χ1) is 17.4. The first kappa shape index (κ1) is 23.9. The van der Waals surface area contributed by atoms with Gasteiger partial charge >= 0.3 is 0 Å². The third kappa shape index (κ3) is 4.66. The number of aryl methyl sites for hydroxylation is 2. The summed E-state index contributed by atoms with van der Waals surface area (Å²) in [5, 5.41) is 0. The zero-order valence-corrected chi connectivity index (χ0v) is 21.0. The first-order valence-corrected chi connectivity index (χ1v) is 12.4. The van der Waals surface area contributed by atoms with Gasteiger partial charge in [0, 0.05) is 31.5 Å². The van der Waals surface area contributed by atoms with E-state index in [0.717, 1.165) is 28.0 Å². The van der Waals surface area contributed by atoms with Gasteiger partial charge in [0.1, 0.15) is 17.1 Å². The Labute approximate surface area is 212 Å². The summed E-state index contributed by atoms with van der Waals surface area (Å²) in [5.41, 5.74) is 4.66. The van der Waals surface area contributed by atoms with Crippen LogP contribution in [0.15, 0.2) is 66.7 Å². The molecule has 184 valence electrons. The predicted molar refractivity (Wildman–Crippen MR) is 141 cm³/mol. The van der Waals surface area contributed by atoms with Crippen LogP contribution in [-0.4, -0.2) is 42.4 Å². The van der Waals surface area contributed by atoms with Crippen molar-refractivity contribution >= 4 is 23.3 Å². The van der Waals surface area contributed by atoms with Crippen LogP contribution in [-0.2, 0) is 4.79 Å². The van der Waals surface area contributed by atoms with Crippen molar-refractivity contribution in [3.05, 3.63) is 94.5 Å². The number of fused-ring (bicyclic) bond motifs is 1. The average Bonchev–Trinajstić information content (AvgIpc) is 2.87. The Morgan fingerprint density at radius 3 is 2.36 bits per heavy atom. The molecule has 5 nitrogen and oxygen atoms in total. The van der Waals surface area contributed by atoms with Crippen LogP contribution in [0.3, 0.4) is 0 Å². The molecule has 1 spiro atoms. The van der Waals surface area contributed by atoms with E-state index in [9.17, 15) is 9.59 Å². The van der Waals surface area contributed by atoms with Crippen molar-refractivity contribution in [2.24, 2.45) is 0 Å². The van der Waals surface area contributed by atoms with E-state index in [-0.39, 0.29) is 11.7 Å². The molecular weight excluding hydrogens is 450 g/mol. The Hall–Kier alpha value is -3.86. The number of piperidine rings is 1. The fourth-order valence-electron chi connectivity index (χ4n) is 5.34. The SMILES string of the molecule is COc1ccc(/C=C(/C(=O)N2CCC3(CC2)CC(=O)c2c(C)cc(C)cc2O3)c2ccccc2)cc1. The van der Waals surface area contributed by atoms with Gasteiger partial charge in [-0.1, -0.05) is 48.5 Å². The van der Waals surface area contributed by atoms with E-state index in [1.807, 2.05) is 91.6 Å². The maximum atomic E-state index is 13.8. The number of likely N-dealkylation sites (tertiary alicyclic amines) is 1. The van der Waals surface area contributed by atoms with Gasteiger partial charge in [0.2, 0.25) is 0 Å². The van der Waals surface area contributed by atoms with Crippen LogP contribution in [0.5, 0.6) is 11.5 Å². The van der Waals surface area contributed by atoms with Crippen LogP contribution in [0.25, 0.3) is 11.6 Å². The number of carbonyl (C=O) groups is 2. The molecule has 1 amide bonds. The molecule has 0 unspecified atom stereocenters. The Kier molecular flexibility index (Phi) is 6.40. The van der Waals surface area contributed by atoms with Gasteiger partial charge in [-0.15, -0.1) is 0 Å². The van der Waals surface area contributed by atoms with E-state index in [0.29, 0.717) is 49.2 Å². The van der Waals surface area contributed by atoms with Gasteiger partial charge < -0.3 is 14.4 Å². The van der Waals surface area contributed by atoms with Crippen LogP contribution >= 0.6 is 0 Å². The molecule has 2 aliphatic rings. The Bertz CT molecular complexity index is 1320. The number of carbonyl (C=O) groups excluding carboxylic acids is 2. The molecule has 36 heavy (non-hydrogen) atoms. The highest BCUT2D eigenvalue weighted by molar-refractivity contribution is 6.24. The molecule has 3 aromatic rings. The van der Waals surface area contributed by atoms with Gasteiger partial charge in [0.05, 0.1) is 19.1 Å². The zero-order valence-electron chi connectivity index (χ0n) is 21.0. The number of rotatable bonds is 4. The largest absolute Gasteiger partial charge is 0.497 e. The smallest absolute Gasteiger partial charge is 0.254 e. The number of hydrogen-bond acceptors (Lipinski definition) is 4. The minimum absolute atomic E-state index is 0.0129. The number of nitrogens with zero attached hydrogens (tertiary/aromatic N) is 1. The molecule has 0 aliphatic carbocycles. The van der Waals surface area contributed by atoms with Crippen molar-refractivity contribution in [3.63, 3.8) is 0 Å². The van der Waals surface area contributed by atoms with Crippen LogP contribution in [0.2, 0.25) is 0 Å². The molecule has 0 bridgehead atoms. The summed E-state index contributed by atoms with van der Waals surface area (Å²) >= 11 is 0. The van der Waals surface area contributed by atoms with E-state index < -0.39 is 5.60 Å². The van der Waals surface area contributed by atoms with E-state index >= 15 is 0 Å². The summed E-state index contributed by atoms with van der Waals surface area (Å²) in [6.07, 6.45) is 3.55. The van der Waals surface area contributed by atoms with Crippen LogP contribution in [0, 0.1) is 13.8 Å². The van der Waals surface area contributed by atoms with E-state index in [2.05, 4.69) is 0 Å². The molecule has 2 heterocycles. The maximum absolute atomic E-state index is 13.8. The Morgan fingerprint density at radius 2 is 1.69 bits per heavy atom. The first-order valence-electron chi connectivity index (χ1n) is 12.4. The number of benzene rings is 3. The fraction of sp³-hybridized carbons (Fsp3) is 0.290. The van der Waals surface area contributed by atoms with E-state index in [1.165, 1.54) is 0 Å². The predicted octanol–water partition coefficient (Wildman–Crippen LogP) is 5.88. The van der Waals surface area contributed by atoms with Gasteiger partial charge in [-0.25, -0.2) is 0 Å². The highest BCUT2D eigenvalue weighted by Gasteiger charge is 2.44. The molecule has 3 aromatic carbocycles. The highest BCUT2D eigenvalue weighted by Crippen LogP contribution is 2.41. The molecular formula is C31H31NO4. The Balaban J connectivity index is 1.38. The van der Waals surface area contributed by atoms with Crippen molar-refractivity contribution in [2.45, 2.75) is 38.7 Å². The number of ketones is 1. The fourth-order valence-corrected chi connectivity index (χ4v) is 5.34. The highest BCUT2D eigenvalue weighted by atomic mass is 16.5. The van der Waals surface area contributed by atoms with E-state index in [4.69, 9.17) is 9.47 Å². The van der Waals surface area contributed by atoms with Crippen molar-refractivity contribution < 1.29 is 19.1 Å². The van der Waals surface area contributed by atoms with E-state index in [1.54, 1.807) is 7.11 Å². The summed E-state index contributed by atoms with van der Waals surface area (Å²) in [6, 6.07) is 21.4. The van der Waals surface area contributed by atoms with Crippen molar-refractivity contribution in [3.8, 4) is 11.5 Å². The molecule has 5 heteroatoms. The van der Waals surface area contributed by atoms with Gasteiger partial charge in [0.25, 0.3) is 5.91 Å². The molecule has 5 rings (SSSR count). The average molecular weight is 482 g/mol. The summed E-state index contributed by atoms with van der Waals surface area (Å²) in [5.74, 6) is 1.59. The second kappa shape index (κ2) is 9.65. The lowest BCUT2D eigenvalue weighted by molar-refractivity contribution is -0.128. The lowest BCUT2D eigenvalue weighted by Crippen LogP contribution is -2.52. The van der Waals surface area contributed by atoms with Crippen molar-refractivity contribution in [1.82, 2.24) is 4.90 Å². The molecule has 0 N–H and O–H groups in total. The zero-order chi connectivity index (χ0) is 25.3. The monoisotopic (exact) mass is 481 g/mol. The molecule has 0 aromatic heterocycles. The molecule has 0 saturated carbocycles. The third-order valence-corrected chi connectivity index (χ3v) is 7.24. The van der Waals surface area contributed by atoms with Crippen molar-refractivity contribution in [2.75, 3.05) is 20.2 Å². The van der Waals surface area contributed by atoms with Gasteiger partial charge in [-0.3, -0.25) is 9.59 Å². The number of ether oxygens (including phenoxy) is 2. The van der Waals surface area contributed by atoms with Crippen LogP contribution in [0.4, 0.5) is 0 Å². The maximum Gasteiger partial charge on any atom is 0.254 e. The summed E-state index contributed by atoms with van der Waals surface area (Å²) < 4.78 is 11.8. The van der Waals surface area contributed by atoms with Crippen molar-refractivity contribution in [1.29, 1.82) is 0 Å². The topological polar surface area (TPSA) is 55.8 Å². The second-order valence-corrected chi connectivity index (χ2v) is 9.83. The minimum Gasteiger partial charge on any atom is -0.497 e. The lowest BCUT2D eigenvalue weighted by atomic mass is 9.81. The van der Waals surface area contributed by atoms with Crippen LogP contribution < -0.4 is 9.47 Å². The molecule has 2 aliphatic heterocycles. The summed E-state index contributed by atoms with van der Waals surface area (Å²) in [6.45, 7) is 5.06. The normalized spacial score (nSPS) is 16.9. The van der Waals surface area contributed by atoms with Crippen LogP contribution in [0.1, 0.15) is 51.9 Å². The summed E-state index contributed by atoms with van der Waals surface area (Å²) in [7, 11) is 1.64. The summed E-state index contributed by atoms with van der Waals surface area (Å²) in [4.78, 5) is 28.7. The lowest BCUT2D eigenvalue weighted by Gasteiger charge is -2.44. The standard InChI is InChI=1S/C31H31NO4/c1-21-17-22(2)29-27(33)20-31(36-28(29)18-21)13-15-32(16-14-31)30(34)26(24-7-5-4-6-8-24)19-23-9-11-25(35-3)12-10-23/h4-12,17-19H,13-16,20H2,1-3H3/b26-19+. The number of methoxy groups -OCH3 is 1. The Morgan fingerprint density at radius 1 is 1.00 bits per heavy atom. The number of Topliss-reactive ketones (excluding diaryl/α,β-unsaturated/α-hetero) is 1. The molecule has 1 saturated heterocycles. The molecule has 1 fully saturated rings. The second-order valence-electron chi connectivity index (χ2n) is 9.83. The molecule has 0 radical (unpaired) electrons. The quantitative estimate of drug-likeness (QED) is 0.345. The minimum atomic E-state index is -0.548. The number of hydrogen-bond donors (Lipinski definition) is 0. The van der Waals surface area contributed by atoms with Gasteiger partial charge in [-0.2, -0.15) is 0 Å². The third-order valence-electron chi connectivity index (χ3n) is 7.24. The molecule has 0 atom stereocenters. The number of amides is 1. The van der Waals surface area contributed by atoms with Gasteiger partial charge in [-0.05, 0) is 60.4 Å².